The number of hydrogen-bond donors (Lipinski definition) is 0. The summed E-state index contributed by atoms with van der Waals surface area (Å²) in [7, 11) is 0. The highest BCUT2D eigenvalue weighted by Gasteiger charge is 2.54. The molecule has 0 bridgehead atoms. The molecule has 0 aromatic heterocycles. The van der Waals surface area contributed by atoms with Crippen LogP contribution in [0.2, 0.25) is 0 Å². The van der Waals surface area contributed by atoms with Crippen molar-refractivity contribution < 1.29 is 23.9 Å². The number of hydrogen-bond acceptors (Lipinski definition) is 5. The lowest BCUT2D eigenvalue weighted by Crippen LogP contribution is -2.42. The Morgan fingerprint density at radius 2 is 2.05 bits per heavy atom. The second kappa shape index (κ2) is 6.28. The Morgan fingerprint density at radius 3 is 2.52 bits per heavy atom. The summed E-state index contributed by atoms with van der Waals surface area (Å²) in [5.74, 6) is -0.951. The molecule has 21 heavy (non-hydrogen) atoms. The van der Waals surface area contributed by atoms with Crippen LogP contribution in [0.5, 0.6) is 0 Å². The van der Waals surface area contributed by atoms with Crippen LogP contribution in [0.25, 0.3) is 0 Å². The maximum Gasteiger partial charge on any atom is 0.410 e. The van der Waals surface area contributed by atoms with Crippen LogP contribution in [0.15, 0.2) is 12.7 Å². The van der Waals surface area contributed by atoms with Gasteiger partial charge in [0.2, 0.25) is 0 Å². The molecule has 1 atom stereocenters. The number of nitrogens with zero attached hydrogens (tertiary/aromatic N) is 1. The Kier molecular flexibility index (Phi) is 5.15. The van der Waals surface area contributed by atoms with Gasteiger partial charge in [0.15, 0.2) is 5.78 Å². The van der Waals surface area contributed by atoms with Gasteiger partial charge in [0.1, 0.15) is 11.0 Å². The number of ketones is 1. The molecule has 1 unspecified atom stereocenters. The number of Topliss-reactive ketones (excluding diaryl/α,β-unsaturated/α-hetero) is 1. The summed E-state index contributed by atoms with van der Waals surface area (Å²) in [6.45, 7) is 10.5. The molecule has 0 aliphatic carbocycles. The van der Waals surface area contributed by atoms with E-state index >= 15 is 0 Å². The predicted octanol–water partition coefficient (Wildman–Crippen LogP) is 1.93. The standard InChI is InChI=1S/C15H23NO5/c1-6-8-15(12(18)20-7-2)10-16(9-11(15)17)13(19)21-14(3,4)5/h6H,1,7-10H2,2-5H3. The summed E-state index contributed by atoms with van der Waals surface area (Å²) in [5.41, 5.74) is -2.01. The maximum absolute atomic E-state index is 12.3. The highest BCUT2D eigenvalue weighted by molar-refractivity contribution is 6.08. The van der Waals surface area contributed by atoms with Gasteiger partial charge in [-0.2, -0.15) is 0 Å². The SMILES string of the molecule is C=CCC1(C(=O)OCC)CN(C(=O)OC(C)(C)C)CC1=O. The van der Waals surface area contributed by atoms with Crippen LogP contribution in [0, 0.1) is 5.41 Å². The van der Waals surface area contributed by atoms with Crippen molar-refractivity contribution in [2.45, 2.75) is 39.7 Å². The van der Waals surface area contributed by atoms with E-state index in [1.165, 1.54) is 11.0 Å². The molecule has 0 N–H and O–H groups in total. The molecule has 1 heterocycles. The summed E-state index contributed by atoms with van der Waals surface area (Å²) in [4.78, 5) is 37.7. The first-order valence-corrected chi connectivity index (χ1v) is 6.95. The third-order valence-electron chi connectivity index (χ3n) is 3.14. The smallest absolute Gasteiger partial charge is 0.410 e. The molecule has 1 fully saturated rings. The minimum atomic E-state index is -1.35. The van der Waals surface area contributed by atoms with Crippen molar-refractivity contribution >= 4 is 17.8 Å². The number of carbonyl (C=O) groups excluding carboxylic acids is 3. The Hall–Kier alpha value is -1.85. The van der Waals surface area contributed by atoms with Crippen LogP contribution in [-0.2, 0) is 19.1 Å². The van der Waals surface area contributed by atoms with Crippen LogP contribution < -0.4 is 0 Å². The van der Waals surface area contributed by atoms with Crippen LogP contribution in [0.4, 0.5) is 4.79 Å². The molecule has 6 heteroatoms. The number of likely N-dealkylation sites (tertiary alicyclic amines) is 1. The van der Waals surface area contributed by atoms with Crippen molar-refractivity contribution in [3.05, 3.63) is 12.7 Å². The van der Waals surface area contributed by atoms with E-state index in [1.807, 2.05) is 0 Å². The first-order valence-electron chi connectivity index (χ1n) is 6.95. The summed E-state index contributed by atoms with van der Waals surface area (Å²) in [6.07, 6.45) is 1.03. The first kappa shape index (κ1) is 17.2. The van der Waals surface area contributed by atoms with Gasteiger partial charge in [-0.25, -0.2) is 4.79 Å². The Balaban J connectivity index is 2.94. The first-order chi connectivity index (χ1) is 9.66. The van der Waals surface area contributed by atoms with E-state index in [2.05, 4.69) is 6.58 Å². The number of allylic oxidation sites excluding steroid dienone is 1. The summed E-state index contributed by atoms with van der Waals surface area (Å²) >= 11 is 0. The van der Waals surface area contributed by atoms with E-state index in [9.17, 15) is 14.4 Å². The second-order valence-electron chi connectivity index (χ2n) is 6.05. The van der Waals surface area contributed by atoms with Gasteiger partial charge in [0.05, 0.1) is 13.2 Å². The van der Waals surface area contributed by atoms with Crippen molar-refractivity contribution in [1.29, 1.82) is 0 Å². The summed E-state index contributed by atoms with van der Waals surface area (Å²) in [5, 5.41) is 0. The van der Waals surface area contributed by atoms with Crippen molar-refractivity contribution in [2.75, 3.05) is 19.7 Å². The monoisotopic (exact) mass is 297 g/mol. The van der Waals surface area contributed by atoms with E-state index < -0.39 is 23.1 Å². The van der Waals surface area contributed by atoms with Crippen LogP contribution in [-0.4, -0.2) is 48.0 Å². The highest BCUT2D eigenvalue weighted by Crippen LogP contribution is 2.33. The molecular formula is C15H23NO5. The van der Waals surface area contributed by atoms with E-state index in [-0.39, 0.29) is 31.9 Å². The number of ether oxygens (including phenoxy) is 2. The van der Waals surface area contributed by atoms with Gasteiger partial charge >= 0.3 is 12.1 Å². The van der Waals surface area contributed by atoms with E-state index in [1.54, 1.807) is 27.7 Å². The molecule has 1 rings (SSSR count). The van der Waals surface area contributed by atoms with Gasteiger partial charge in [-0.1, -0.05) is 6.08 Å². The molecule has 118 valence electrons. The molecule has 0 aromatic carbocycles. The molecule has 1 aliphatic heterocycles. The van der Waals surface area contributed by atoms with E-state index in [0.29, 0.717) is 0 Å². The number of esters is 1. The second-order valence-corrected chi connectivity index (χ2v) is 6.05. The van der Waals surface area contributed by atoms with E-state index in [0.717, 1.165) is 0 Å². The molecule has 1 aliphatic rings. The topological polar surface area (TPSA) is 72.9 Å². The highest BCUT2D eigenvalue weighted by atomic mass is 16.6. The van der Waals surface area contributed by atoms with Crippen molar-refractivity contribution in [3.63, 3.8) is 0 Å². The number of carbonyl (C=O) groups is 3. The van der Waals surface area contributed by atoms with Crippen LogP contribution in [0.1, 0.15) is 34.1 Å². The molecule has 0 saturated carbocycles. The normalized spacial score (nSPS) is 22.1. The fraction of sp³-hybridized carbons (Fsp3) is 0.667. The Labute approximate surface area is 125 Å². The molecular weight excluding hydrogens is 274 g/mol. The van der Waals surface area contributed by atoms with Crippen LogP contribution >= 0.6 is 0 Å². The lowest BCUT2D eigenvalue weighted by atomic mass is 9.82. The third-order valence-corrected chi connectivity index (χ3v) is 3.14. The molecule has 1 amide bonds. The maximum atomic E-state index is 12.3. The zero-order valence-corrected chi connectivity index (χ0v) is 13.1. The van der Waals surface area contributed by atoms with Gasteiger partial charge in [0.25, 0.3) is 0 Å². The van der Waals surface area contributed by atoms with Gasteiger partial charge < -0.3 is 9.47 Å². The quantitative estimate of drug-likeness (QED) is 0.450. The molecule has 0 spiro atoms. The van der Waals surface area contributed by atoms with Crippen molar-refractivity contribution in [1.82, 2.24) is 4.90 Å². The van der Waals surface area contributed by atoms with Crippen LogP contribution in [0.3, 0.4) is 0 Å². The molecule has 0 radical (unpaired) electrons. The molecule has 0 aromatic rings. The van der Waals surface area contributed by atoms with Crippen molar-refractivity contribution in [3.8, 4) is 0 Å². The predicted molar refractivity (Wildman–Crippen MR) is 76.7 cm³/mol. The fourth-order valence-electron chi connectivity index (χ4n) is 2.21. The van der Waals surface area contributed by atoms with E-state index in [4.69, 9.17) is 9.47 Å². The average Bonchev–Trinajstić information content (AvgIpc) is 2.67. The number of amides is 1. The molecule has 6 nitrogen and oxygen atoms in total. The summed E-state index contributed by atoms with van der Waals surface area (Å²) < 4.78 is 10.2. The Bertz CT molecular complexity index is 451. The fourth-order valence-corrected chi connectivity index (χ4v) is 2.21. The summed E-state index contributed by atoms with van der Waals surface area (Å²) in [6, 6.07) is 0. The lowest BCUT2D eigenvalue weighted by molar-refractivity contribution is -0.157. The largest absolute Gasteiger partial charge is 0.465 e. The zero-order chi connectivity index (χ0) is 16.3. The van der Waals surface area contributed by atoms with Gasteiger partial charge in [-0.05, 0) is 34.1 Å². The minimum Gasteiger partial charge on any atom is -0.465 e. The minimum absolute atomic E-state index is 0.0361. The van der Waals surface area contributed by atoms with Gasteiger partial charge in [-0.3, -0.25) is 14.5 Å². The van der Waals surface area contributed by atoms with Crippen molar-refractivity contribution in [2.24, 2.45) is 5.41 Å². The lowest BCUT2D eigenvalue weighted by Gasteiger charge is -2.26. The van der Waals surface area contributed by atoms with Gasteiger partial charge in [0, 0.05) is 6.54 Å². The third kappa shape index (κ3) is 3.83. The molecule has 1 saturated heterocycles. The average molecular weight is 297 g/mol. The zero-order valence-electron chi connectivity index (χ0n) is 13.1. The number of rotatable bonds is 4. The van der Waals surface area contributed by atoms with Gasteiger partial charge in [-0.15, -0.1) is 6.58 Å². The Morgan fingerprint density at radius 1 is 1.43 bits per heavy atom.